The molecule has 0 bridgehead atoms. The molecule has 2 rings (SSSR count). The molecule has 32 heavy (non-hydrogen) atoms. The topological polar surface area (TPSA) is 73.9 Å². The van der Waals surface area contributed by atoms with Crippen LogP contribution in [0.1, 0.15) is 43.1 Å². The Balaban J connectivity index is 1.85. The minimum atomic E-state index is -1.10. The molecule has 0 aliphatic carbocycles. The van der Waals surface area contributed by atoms with Gasteiger partial charge in [-0.3, -0.25) is 4.79 Å². The summed E-state index contributed by atoms with van der Waals surface area (Å²) >= 11 is 0. The van der Waals surface area contributed by atoms with Crippen molar-refractivity contribution in [2.24, 2.45) is 0 Å². The highest BCUT2D eigenvalue weighted by Crippen LogP contribution is 2.11. The predicted octanol–water partition coefficient (Wildman–Crippen LogP) is 4.66. The van der Waals surface area contributed by atoms with Crippen molar-refractivity contribution in [2.75, 3.05) is 19.8 Å². The van der Waals surface area contributed by atoms with Crippen LogP contribution in [0, 0.1) is 11.6 Å². The Labute approximate surface area is 186 Å². The lowest BCUT2D eigenvalue weighted by Gasteiger charge is -2.23. The van der Waals surface area contributed by atoms with E-state index >= 15 is 0 Å². The lowest BCUT2D eigenvalue weighted by molar-refractivity contribution is 0.0389. The smallest absolute Gasteiger partial charge is 0.407 e. The van der Waals surface area contributed by atoms with Gasteiger partial charge in [-0.15, -0.1) is 0 Å². The summed E-state index contributed by atoms with van der Waals surface area (Å²) in [6.45, 7) is 5.70. The summed E-state index contributed by atoms with van der Waals surface area (Å²) in [6.07, 6.45) is -0.188. The lowest BCUT2D eigenvalue weighted by Crippen LogP contribution is -2.42. The number of halogens is 2. The fourth-order valence-corrected chi connectivity index (χ4v) is 2.71. The van der Waals surface area contributed by atoms with Crippen molar-refractivity contribution < 1.29 is 32.6 Å². The van der Waals surface area contributed by atoms with Gasteiger partial charge >= 0.3 is 6.09 Å². The van der Waals surface area contributed by atoms with Gasteiger partial charge in [0.1, 0.15) is 12.2 Å². The maximum absolute atomic E-state index is 13.3. The second kappa shape index (κ2) is 12.3. The molecule has 0 spiro atoms. The first-order valence-corrected chi connectivity index (χ1v) is 10.3. The second-order valence-electron chi connectivity index (χ2n) is 8.24. The number of ether oxygens (including phenoxy) is 3. The third-order valence-corrected chi connectivity index (χ3v) is 4.24. The second-order valence-corrected chi connectivity index (χ2v) is 8.24. The van der Waals surface area contributed by atoms with Crippen LogP contribution in [0.4, 0.5) is 13.6 Å². The number of benzene rings is 2. The molecule has 1 amide bonds. The molecule has 0 heterocycles. The van der Waals surface area contributed by atoms with E-state index in [0.29, 0.717) is 19.6 Å². The lowest BCUT2D eigenvalue weighted by atomic mass is 10.1. The Bertz CT molecular complexity index is 884. The average Bonchev–Trinajstić information content (AvgIpc) is 2.72. The van der Waals surface area contributed by atoms with Gasteiger partial charge in [0.15, 0.2) is 17.4 Å². The standard InChI is InChI=1S/C24H29F2NO5/c1-24(2,3)32-23(29)27-19(11-12-30-14-17-7-5-4-6-8-17)15-31-16-22(28)18-9-10-20(25)21(26)13-18/h4-10,13,19H,11-12,14-16H2,1-3H3,(H,27,29). The van der Waals surface area contributed by atoms with Crippen LogP contribution in [0.2, 0.25) is 0 Å². The normalized spacial score (nSPS) is 12.3. The Morgan fingerprint density at radius 1 is 1.00 bits per heavy atom. The van der Waals surface area contributed by atoms with Crippen LogP contribution in [0.3, 0.4) is 0 Å². The molecular formula is C24H29F2NO5. The number of carbonyl (C=O) groups is 2. The molecule has 0 fully saturated rings. The van der Waals surface area contributed by atoms with E-state index in [2.05, 4.69) is 5.32 Å². The first-order valence-electron chi connectivity index (χ1n) is 10.3. The van der Waals surface area contributed by atoms with E-state index < -0.39 is 35.2 Å². The number of hydrogen-bond donors (Lipinski definition) is 1. The molecule has 8 heteroatoms. The summed E-state index contributed by atoms with van der Waals surface area (Å²) in [5, 5.41) is 2.72. The van der Waals surface area contributed by atoms with Crippen molar-refractivity contribution in [1.29, 1.82) is 0 Å². The zero-order valence-corrected chi connectivity index (χ0v) is 18.5. The van der Waals surface area contributed by atoms with Gasteiger partial charge in [0.25, 0.3) is 0 Å². The SMILES string of the molecule is CC(C)(C)OC(=O)NC(CCOCc1ccccc1)COCC(=O)c1ccc(F)c(F)c1. The van der Waals surface area contributed by atoms with Gasteiger partial charge in [-0.25, -0.2) is 13.6 Å². The number of carbonyl (C=O) groups excluding carboxylic acids is 2. The Kier molecular flexibility index (Phi) is 9.74. The summed E-state index contributed by atoms with van der Waals surface area (Å²) in [5.41, 5.74) is 0.367. The third-order valence-electron chi connectivity index (χ3n) is 4.24. The minimum absolute atomic E-state index is 0.00625. The largest absolute Gasteiger partial charge is 0.444 e. The number of nitrogens with one attached hydrogen (secondary N) is 1. The van der Waals surface area contributed by atoms with E-state index in [1.54, 1.807) is 20.8 Å². The van der Waals surface area contributed by atoms with Crippen LogP contribution < -0.4 is 5.32 Å². The number of hydrogen-bond acceptors (Lipinski definition) is 5. The molecule has 0 saturated carbocycles. The van der Waals surface area contributed by atoms with Gasteiger partial charge in [-0.1, -0.05) is 30.3 Å². The van der Waals surface area contributed by atoms with E-state index in [-0.39, 0.29) is 18.8 Å². The van der Waals surface area contributed by atoms with Crippen molar-refractivity contribution >= 4 is 11.9 Å². The highest BCUT2D eigenvalue weighted by molar-refractivity contribution is 5.97. The zero-order chi connectivity index (χ0) is 23.6. The van der Waals surface area contributed by atoms with Gasteiger partial charge in [0.2, 0.25) is 0 Å². The van der Waals surface area contributed by atoms with Crippen LogP contribution in [0.5, 0.6) is 0 Å². The Morgan fingerprint density at radius 2 is 1.72 bits per heavy atom. The van der Waals surface area contributed by atoms with Crippen molar-refractivity contribution in [3.05, 3.63) is 71.3 Å². The maximum Gasteiger partial charge on any atom is 0.407 e. The van der Waals surface area contributed by atoms with Gasteiger partial charge in [0, 0.05) is 12.2 Å². The number of alkyl carbamates (subject to hydrolysis) is 1. The molecular weight excluding hydrogens is 420 g/mol. The Morgan fingerprint density at radius 3 is 2.38 bits per heavy atom. The van der Waals surface area contributed by atoms with Gasteiger partial charge in [-0.05, 0) is 51.0 Å². The molecule has 2 aromatic rings. The van der Waals surface area contributed by atoms with Crippen molar-refractivity contribution in [1.82, 2.24) is 5.32 Å². The quantitative estimate of drug-likeness (QED) is 0.399. The molecule has 0 aliphatic heterocycles. The number of ketones is 1. The molecule has 0 aromatic heterocycles. The third kappa shape index (κ3) is 9.53. The fourth-order valence-electron chi connectivity index (χ4n) is 2.71. The minimum Gasteiger partial charge on any atom is -0.444 e. The number of Topliss-reactive ketones (excluding diaryl/α,β-unsaturated/α-hetero) is 1. The van der Waals surface area contributed by atoms with Crippen molar-refractivity contribution in [3.63, 3.8) is 0 Å². The maximum atomic E-state index is 13.3. The van der Waals surface area contributed by atoms with Gasteiger partial charge in [0.05, 0.1) is 19.3 Å². The summed E-state index contributed by atoms with van der Waals surface area (Å²) in [5.74, 6) is -2.63. The molecule has 6 nitrogen and oxygen atoms in total. The van der Waals surface area contributed by atoms with Crippen LogP contribution >= 0.6 is 0 Å². The molecule has 1 unspecified atom stereocenters. The van der Waals surface area contributed by atoms with Crippen LogP contribution in [-0.4, -0.2) is 43.3 Å². The molecule has 174 valence electrons. The molecule has 0 saturated heterocycles. The van der Waals surface area contributed by atoms with E-state index in [1.165, 1.54) is 6.07 Å². The van der Waals surface area contributed by atoms with E-state index in [1.807, 2.05) is 30.3 Å². The summed E-state index contributed by atoms with van der Waals surface area (Å²) in [4.78, 5) is 24.3. The summed E-state index contributed by atoms with van der Waals surface area (Å²) in [6, 6.07) is 12.1. The molecule has 0 radical (unpaired) electrons. The summed E-state index contributed by atoms with van der Waals surface area (Å²) in [7, 11) is 0. The van der Waals surface area contributed by atoms with Crippen LogP contribution in [0.25, 0.3) is 0 Å². The monoisotopic (exact) mass is 449 g/mol. The molecule has 1 N–H and O–H groups in total. The first kappa shape index (κ1) is 25.4. The molecule has 1 atom stereocenters. The zero-order valence-electron chi connectivity index (χ0n) is 18.5. The predicted molar refractivity (Wildman–Crippen MR) is 115 cm³/mol. The molecule has 2 aromatic carbocycles. The fraction of sp³-hybridized carbons (Fsp3) is 0.417. The van der Waals surface area contributed by atoms with E-state index in [9.17, 15) is 18.4 Å². The molecule has 0 aliphatic rings. The van der Waals surface area contributed by atoms with Crippen LogP contribution in [-0.2, 0) is 20.8 Å². The van der Waals surface area contributed by atoms with Crippen molar-refractivity contribution in [3.8, 4) is 0 Å². The summed E-state index contributed by atoms with van der Waals surface area (Å²) < 4.78 is 42.7. The van der Waals surface area contributed by atoms with Crippen LogP contribution in [0.15, 0.2) is 48.5 Å². The average molecular weight is 449 g/mol. The van der Waals surface area contributed by atoms with Crippen molar-refractivity contribution in [2.45, 2.75) is 45.4 Å². The first-order chi connectivity index (χ1) is 15.1. The number of rotatable bonds is 11. The van der Waals surface area contributed by atoms with Gasteiger partial charge in [-0.2, -0.15) is 0 Å². The highest BCUT2D eigenvalue weighted by atomic mass is 19.2. The van der Waals surface area contributed by atoms with Gasteiger partial charge < -0.3 is 19.5 Å². The van der Waals surface area contributed by atoms with E-state index in [0.717, 1.165) is 17.7 Å². The Hall–Kier alpha value is -2.84. The highest BCUT2D eigenvalue weighted by Gasteiger charge is 2.20. The van der Waals surface area contributed by atoms with E-state index in [4.69, 9.17) is 14.2 Å². The number of amides is 1.